The quantitative estimate of drug-likeness (QED) is 0.488. The van der Waals surface area contributed by atoms with Crippen molar-refractivity contribution in [2.24, 2.45) is 0 Å². The Morgan fingerprint density at radius 1 is 1.18 bits per heavy atom. The molecular formula is C8H16NaO2. The summed E-state index contributed by atoms with van der Waals surface area (Å²) in [5.74, 6) is -0.670. The van der Waals surface area contributed by atoms with Gasteiger partial charge in [0.25, 0.3) is 0 Å². The van der Waals surface area contributed by atoms with Gasteiger partial charge >= 0.3 is 5.97 Å². The number of hydrogen-bond donors (Lipinski definition) is 1. The Hall–Kier alpha value is 0.470. The molecule has 0 atom stereocenters. The Labute approximate surface area is 90.7 Å². The fourth-order valence-electron chi connectivity index (χ4n) is 0.880. The topological polar surface area (TPSA) is 37.3 Å². The fraction of sp³-hybridized carbons (Fsp3) is 0.875. The first kappa shape index (κ1) is 14.0. The van der Waals surface area contributed by atoms with Gasteiger partial charge in [-0.25, -0.2) is 0 Å². The molecular weight excluding hydrogens is 153 g/mol. The summed E-state index contributed by atoms with van der Waals surface area (Å²) in [6.07, 6.45) is 5.88. The van der Waals surface area contributed by atoms with E-state index in [0.717, 1.165) is 12.8 Å². The summed E-state index contributed by atoms with van der Waals surface area (Å²) in [4.78, 5) is 10.0. The van der Waals surface area contributed by atoms with Gasteiger partial charge in [0, 0.05) is 36.0 Å². The molecule has 0 heterocycles. The zero-order valence-corrected chi connectivity index (χ0v) is 9.60. The van der Waals surface area contributed by atoms with E-state index >= 15 is 0 Å². The van der Waals surface area contributed by atoms with Gasteiger partial charge in [-0.1, -0.05) is 32.6 Å². The molecule has 1 radical (unpaired) electrons. The number of unbranched alkanes of at least 4 members (excludes halogenated alkanes) is 4. The Morgan fingerprint density at radius 3 is 2.18 bits per heavy atom. The van der Waals surface area contributed by atoms with Crippen LogP contribution in [-0.4, -0.2) is 40.6 Å². The van der Waals surface area contributed by atoms with Crippen molar-refractivity contribution in [2.45, 2.75) is 45.4 Å². The number of carboxylic acids is 1. The predicted octanol–water partition coefficient (Wildman–Crippen LogP) is 2.05. The summed E-state index contributed by atoms with van der Waals surface area (Å²) in [5.41, 5.74) is 0. The van der Waals surface area contributed by atoms with Gasteiger partial charge in [0.15, 0.2) is 0 Å². The molecule has 0 aromatic heterocycles. The monoisotopic (exact) mass is 169 g/mol. The van der Waals surface area contributed by atoms with Crippen molar-refractivity contribution >= 4 is 35.5 Å². The Balaban J connectivity index is 0. The first-order valence-electron chi connectivity index (χ1n) is 3.99. The Bertz CT molecular complexity index is 94.1. The van der Waals surface area contributed by atoms with Crippen LogP contribution in [0.2, 0.25) is 0 Å². The van der Waals surface area contributed by atoms with Gasteiger partial charge in [-0.15, -0.1) is 0 Å². The molecule has 0 spiro atoms. The summed E-state index contributed by atoms with van der Waals surface area (Å²) in [6, 6.07) is 0. The van der Waals surface area contributed by atoms with Gasteiger partial charge in [-0.2, -0.15) is 0 Å². The summed E-state index contributed by atoms with van der Waals surface area (Å²) >= 11 is 0. The van der Waals surface area contributed by atoms with Gasteiger partial charge in [-0.05, 0) is 6.42 Å². The summed E-state index contributed by atoms with van der Waals surface area (Å²) in [6.45, 7) is 2.15. The van der Waals surface area contributed by atoms with E-state index in [-0.39, 0.29) is 29.6 Å². The average Bonchev–Trinajstić information content (AvgIpc) is 1.87. The van der Waals surface area contributed by atoms with Crippen LogP contribution in [0.15, 0.2) is 0 Å². The van der Waals surface area contributed by atoms with Crippen LogP contribution in [0, 0.1) is 0 Å². The van der Waals surface area contributed by atoms with Gasteiger partial charge in [0.05, 0.1) is 0 Å². The van der Waals surface area contributed by atoms with E-state index in [2.05, 4.69) is 6.92 Å². The Morgan fingerprint density at radius 2 is 1.73 bits per heavy atom. The zero-order chi connectivity index (χ0) is 7.82. The van der Waals surface area contributed by atoms with E-state index in [1.54, 1.807) is 0 Å². The second-order valence-corrected chi connectivity index (χ2v) is 2.56. The smallest absolute Gasteiger partial charge is 0.303 e. The van der Waals surface area contributed by atoms with Crippen molar-refractivity contribution in [3.05, 3.63) is 0 Å². The normalized spacial score (nSPS) is 8.82. The Kier molecular flexibility index (Phi) is 13.3. The van der Waals surface area contributed by atoms with Crippen molar-refractivity contribution in [2.75, 3.05) is 0 Å². The van der Waals surface area contributed by atoms with E-state index in [0.29, 0.717) is 6.42 Å². The minimum absolute atomic E-state index is 0. The molecule has 0 aliphatic rings. The first-order valence-corrected chi connectivity index (χ1v) is 3.99. The maximum absolute atomic E-state index is 10.0. The number of aliphatic carboxylic acids is 1. The van der Waals surface area contributed by atoms with E-state index < -0.39 is 5.97 Å². The third-order valence-electron chi connectivity index (χ3n) is 1.49. The van der Waals surface area contributed by atoms with Crippen LogP contribution in [0.3, 0.4) is 0 Å². The number of rotatable bonds is 6. The third kappa shape index (κ3) is 13.5. The molecule has 0 aliphatic carbocycles. The molecule has 2 nitrogen and oxygen atoms in total. The molecule has 0 aliphatic heterocycles. The van der Waals surface area contributed by atoms with Crippen LogP contribution in [0.25, 0.3) is 0 Å². The number of hydrogen-bond acceptors (Lipinski definition) is 1. The molecule has 0 amide bonds. The van der Waals surface area contributed by atoms with Crippen molar-refractivity contribution in [1.29, 1.82) is 0 Å². The second-order valence-electron chi connectivity index (χ2n) is 2.56. The molecule has 0 aromatic carbocycles. The minimum Gasteiger partial charge on any atom is -0.481 e. The number of carboxylic acid groups (broad SMARTS) is 1. The molecule has 1 N–H and O–H groups in total. The van der Waals surface area contributed by atoms with Crippen LogP contribution >= 0.6 is 0 Å². The SMILES string of the molecule is CCCCCCC[14C](=O)O.[Na]. The van der Waals surface area contributed by atoms with E-state index in [1.807, 2.05) is 0 Å². The van der Waals surface area contributed by atoms with Crippen LogP contribution in [0.5, 0.6) is 0 Å². The van der Waals surface area contributed by atoms with Crippen LogP contribution in [0.1, 0.15) is 45.4 Å². The molecule has 61 valence electrons. The fourth-order valence-corrected chi connectivity index (χ4v) is 0.880. The summed E-state index contributed by atoms with van der Waals surface area (Å²) in [7, 11) is 0. The van der Waals surface area contributed by atoms with Gasteiger partial charge in [0.1, 0.15) is 0 Å². The van der Waals surface area contributed by atoms with Crippen molar-refractivity contribution < 1.29 is 9.90 Å². The zero-order valence-electron chi connectivity index (χ0n) is 7.60. The molecule has 0 bridgehead atoms. The van der Waals surface area contributed by atoms with Crippen molar-refractivity contribution in [1.82, 2.24) is 0 Å². The largest absolute Gasteiger partial charge is 0.481 e. The molecule has 0 saturated carbocycles. The molecule has 11 heavy (non-hydrogen) atoms. The van der Waals surface area contributed by atoms with Gasteiger partial charge in [-0.3, -0.25) is 4.79 Å². The van der Waals surface area contributed by atoms with E-state index in [1.165, 1.54) is 19.3 Å². The van der Waals surface area contributed by atoms with Gasteiger partial charge in [0.2, 0.25) is 0 Å². The second kappa shape index (κ2) is 10.5. The molecule has 0 unspecified atom stereocenters. The maximum atomic E-state index is 10.0. The average molecular weight is 169 g/mol. The van der Waals surface area contributed by atoms with E-state index in [4.69, 9.17) is 5.11 Å². The summed E-state index contributed by atoms with van der Waals surface area (Å²) < 4.78 is 0. The summed E-state index contributed by atoms with van der Waals surface area (Å²) in [5, 5.41) is 8.27. The maximum Gasteiger partial charge on any atom is 0.303 e. The van der Waals surface area contributed by atoms with E-state index in [9.17, 15) is 4.79 Å². The van der Waals surface area contributed by atoms with Crippen molar-refractivity contribution in [3.8, 4) is 0 Å². The molecule has 0 fully saturated rings. The molecule has 0 aromatic rings. The van der Waals surface area contributed by atoms with Crippen LogP contribution in [-0.2, 0) is 4.79 Å². The first-order chi connectivity index (χ1) is 4.77. The standard InChI is InChI=1S/C8H16O2.Na/c1-2-3-4-5-6-7-8(9)10;/h2-7H2,1H3,(H,9,10);/i8+2;. The molecule has 3 heteroatoms. The molecule has 0 rings (SSSR count). The van der Waals surface area contributed by atoms with Crippen LogP contribution in [0.4, 0.5) is 0 Å². The number of carbonyl (C=O) groups is 1. The van der Waals surface area contributed by atoms with Crippen molar-refractivity contribution in [3.63, 3.8) is 0 Å². The minimum atomic E-state index is -0.670. The van der Waals surface area contributed by atoms with Gasteiger partial charge < -0.3 is 5.11 Å². The third-order valence-corrected chi connectivity index (χ3v) is 1.49. The van der Waals surface area contributed by atoms with Crippen LogP contribution < -0.4 is 0 Å². The molecule has 0 saturated heterocycles. The predicted molar refractivity (Wildman–Crippen MR) is 46.8 cm³/mol.